The lowest BCUT2D eigenvalue weighted by Gasteiger charge is -2.15. The summed E-state index contributed by atoms with van der Waals surface area (Å²) >= 11 is 4.53. The molecule has 1 unspecified atom stereocenters. The number of hydrogen-bond donors (Lipinski definition) is 1. The molecule has 8 heteroatoms. The Morgan fingerprint density at radius 2 is 2.09 bits per heavy atom. The fourth-order valence-electron chi connectivity index (χ4n) is 2.13. The maximum atomic E-state index is 12.4. The first-order chi connectivity index (χ1) is 10.9. The van der Waals surface area contributed by atoms with Crippen LogP contribution in [0.2, 0.25) is 0 Å². The fourth-order valence-corrected chi connectivity index (χ4v) is 3.48. The number of carbonyl (C=O) groups is 3. The normalized spacial score (nSPS) is 19.1. The quantitative estimate of drug-likeness (QED) is 0.577. The average molecular weight is 401 g/mol. The molecule has 0 aromatic heterocycles. The minimum Gasteiger partial charge on any atom is -0.465 e. The Morgan fingerprint density at radius 1 is 1.43 bits per heavy atom. The van der Waals surface area contributed by atoms with Crippen molar-refractivity contribution in [3.8, 4) is 0 Å². The first-order valence-corrected chi connectivity index (χ1v) is 8.94. The van der Waals surface area contributed by atoms with Crippen molar-refractivity contribution in [2.24, 2.45) is 5.73 Å². The molecule has 1 saturated heterocycles. The van der Waals surface area contributed by atoms with Gasteiger partial charge in [0.2, 0.25) is 11.8 Å². The molecule has 2 atom stereocenters. The summed E-state index contributed by atoms with van der Waals surface area (Å²) < 4.78 is 5.69. The minimum atomic E-state index is -0.801. The van der Waals surface area contributed by atoms with Gasteiger partial charge in [0.25, 0.3) is 0 Å². The van der Waals surface area contributed by atoms with E-state index in [1.807, 2.05) is 0 Å². The summed E-state index contributed by atoms with van der Waals surface area (Å²) in [5, 5.41) is -0.522. The molecule has 6 nitrogen and oxygen atoms in total. The maximum absolute atomic E-state index is 12.4. The van der Waals surface area contributed by atoms with Crippen LogP contribution >= 0.6 is 27.7 Å². The highest BCUT2D eigenvalue weighted by atomic mass is 79.9. The predicted molar refractivity (Wildman–Crippen MR) is 92.1 cm³/mol. The Bertz CT molecular complexity index is 608. The van der Waals surface area contributed by atoms with Crippen LogP contribution in [0.3, 0.4) is 0 Å². The second-order valence-electron chi connectivity index (χ2n) is 4.93. The summed E-state index contributed by atoms with van der Waals surface area (Å²) in [5.41, 5.74) is 6.26. The largest absolute Gasteiger partial charge is 0.465 e. The van der Waals surface area contributed by atoms with Gasteiger partial charge in [-0.2, -0.15) is 0 Å². The van der Waals surface area contributed by atoms with E-state index in [1.54, 1.807) is 31.2 Å². The number of halogens is 1. The first kappa shape index (κ1) is 18.0. The third-order valence-electron chi connectivity index (χ3n) is 3.26. The van der Waals surface area contributed by atoms with E-state index in [0.717, 1.165) is 4.47 Å². The van der Waals surface area contributed by atoms with Gasteiger partial charge in [0, 0.05) is 16.6 Å². The zero-order valence-electron chi connectivity index (χ0n) is 12.5. The van der Waals surface area contributed by atoms with Gasteiger partial charge in [0.15, 0.2) is 0 Å². The van der Waals surface area contributed by atoms with Crippen LogP contribution in [0, 0.1) is 0 Å². The molecule has 1 aromatic carbocycles. The van der Waals surface area contributed by atoms with Crippen molar-refractivity contribution >= 4 is 51.2 Å². The van der Waals surface area contributed by atoms with Gasteiger partial charge < -0.3 is 10.5 Å². The van der Waals surface area contributed by atoms with Crippen molar-refractivity contribution in [1.29, 1.82) is 0 Å². The third-order valence-corrected chi connectivity index (χ3v) is 5.11. The van der Waals surface area contributed by atoms with Crippen molar-refractivity contribution in [3.63, 3.8) is 0 Å². The summed E-state index contributed by atoms with van der Waals surface area (Å²) in [6, 6.07) is 6.15. The Hall–Kier alpha value is -1.38. The first-order valence-electron chi connectivity index (χ1n) is 7.10. The monoisotopic (exact) mass is 400 g/mol. The zero-order valence-corrected chi connectivity index (χ0v) is 14.9. The number of anilines is 1. The maximum Gasteiger partial charge on any atom is 0.323 e. The average Bonchev–Trinajstić information content (AvgIpc) is 2.80. The minimum absolute atomic E-state index is 0.106. The van der Waals surface area contributed by atoms with Crippen LogP contribution in [0.15, 0.2) is 28.7 Å². The number of imide groups is 1. The highest BCUT2D eigenvalue weighted by Crippen LogP contribution is 2.30. The topological polar surface area (TPSA) is 89.7 Å². The van der Waals surface area contributed by atoms with Crippen LogP contribution in [0.25, 0.3) is 0 Å². The molecule has 1 aliphatic heterocycles. The molecule has 124 valence electrons. The number of nitrogens with zero attached hydrogens (tertiary/aromatic N) is 1. The molecule has 0 aliphatic carbocycles. The summed E-state index contributed by atoms with van der Waals surface area (Å²) in [6.45, 7) is 1.96. The lowest BCUT2D eigenvalue weighted by atomic mass is 10.3. The molecule has 0 saturated carbocycles. The van der Waals surface area contributed by atoms with E-state index >= 15 is 0 Å². The van der Waals surface area contributed by atoms with Gasteiger partial charge in [-0.3, -0.25) is 14.4 Å². The highest BCUT2D eigenvalue weighted by Gasteiger charge is 2.40. The van der Waals surface area contributed by atoms with E-state index in [4.69, 9.17) is 10.5 Å². The van der Waals surface area contributed by atoms with Crippen LogP contribution in [0.1, 0.15) is 13.3 Å². The van der Waals surface area contributed by atoms with Crippen molar-refractivity contribution in [3.05, 3.63) is 28.7 Å². The van der Waals surface area contributed by atoms with Gasteiger partial charge in [-0.1, -0.05) is 15.9 Å². The van der Waals surface area contributed by atoms with E-state index in [2.05, 4.69) is 15.9 Å². The summed E-state index contributed by atoms with van der Waals surface area (Å²) in [7, 11) is 0. The van der Waals surface area contributed by atoms with Crippen LogP contribution in [-0.2, 0) is 19.1 Å². The standard InChI is InChI=1S/C15H17BrN2O4S/c1-2-22-15(21)11(17)8-23-12-7-13(19)18(14(12)20)10-5-3-9(16)4-6-10/h3-6,11-12H,2,7-8,17H2,1H3/t11-,12?/m0/s1. The van der Waals surface area contributed by atoms with E-state index in [0.29, 0.717) is 5.69 Å². The number of benzene rings is 1. The zero-order chi connectivity index (χ0) is 17.0. The van der Waals surface area contributed by atoms with Crippen molar-refractivity contribution in [1.82, 2.24) is 0 Å². The Labute approximate surface area is 146 Å². The molecule has 23 heavy (non-hydrogen) atoms. The molecule has 2 rings (SSSR count). The number of ether oxygens (including phenoxy) is 1. The molecule has 1 aromatic rings. The van der Waals surface area contributed by atoms with Crippen molar-refractivity contribution < 1.29 is 19.1 Å². The highest BCUT2D eigenvalue weighted by molar-refractivity contribution is 9.10. The smallest absolute Gasteiger partial charge is 0.323 e. The number of esters is 1. The fraction of sp³-hybridized carbons (Fsp3) is 0.400. The van der Waals surface area contributed by atoms with Crippen LogP contribution in [-0.4, -0.2) is 41.4 Å². The van der Waals surface area contributed by atoms with E-state index in [9.17, 15) is 14.4 Å². The molecular weight excluding hydrogens is 384 g/mol. The molecule has 2 amide bonds. The molecule has 0 spiro atoms. The van der Waals surface area contributed by atoms with Gasteiger partial charge in [0.05, 0.1) is 17.5 Å². The molecular formula is C15H17BrN2O4S. The molecule has 1 heterocycles. The van der Waals surface area contributed by atoms with E-state index in [1.165, 1.54) is 16.7 Å². The van der Waals surface area contributed by atoms with Gasteiger partial charge in [-0.05, 0) is 31.2 Å². The van der Waals surface area contributed by atoms with Crippen molar-refractivity contribution in [2.45, 2.75) is 24.6 Å². The number of amides is 2. The Balaban J connectivity index is 1.98. The molecule has 1 aliphatic rings. The lowest BCUT2D eigenvalue weighted by molar-refractivity contribution is -0.144. The number of carbonyl (C=O) groups excluding carboxylic acids is 3. The third kappa shape index (κ3) is 4.33. The molecule has 0 radical (unpaired) electrons. The Kier molecular flexibility index (Phi) is 6.20. The Morgan fingerprint density at radius 3 is 2.70 bits per heavy atom. The molecule has 2 N–H and O–H groups in total. The van der Waals surface area contributed by atoms with Gasteiger partial charge in [-0.25, -0.2) is 4.90 Å². The number of nitrogens with two attached hydrogens (primary N) is 1. The van der Waals surface area contributed by atoms with Gasteiger partial charge >= 0.3 is 5.97 Å². The lowest BCUT2D eigenvalue weighted by Crippen LogP contribution is -2.36. The van der Waals surface area contributed by atoms with Crippen LogP contribution < -0.4 is 10.6 Å². The van der Waals surface area contributed by atoms with Crippen LogP contribution in [0.5, 0.6) is 0 Å². The summed E-state index contributed by atoms with van der Waals surface area (Å²) in [5.74, 6) is -0.795. The number of rotatable bonds is 6. The second kappa shape index (κ2) is 7.94. The number of thioether (sulfide) groups is 1. The molecule has 1 fully saturated rings. The number of hydrogen-bond acceptors (Lipinski definition) is 6. The van der Waals surface area contributed by atoms with E-state index in [-0.39, 0.29) is 30.6 Å². The van der Waals surface area contributed by atoms with Crippen LogP contribution in [0.4, 0.5) is 5.69 Å². The van der Waals surface area contributed by atoms with Crippen molar-refractivity contribution in [2.75, 3.05) is 17.3 Å². The second-order valence-corrected chi connectivity index (χ2v) is 7.08. The summed E-state index contributed by atoms with van der Waals surface area (Å²) in [4.78, 5) is 37.2. The van der Waals surface area contributed by atoms with Gasteiger partial charge in [-0.15, -0.1) is 11.8 Å². The molecule has 0 bridgehead atoms. The predicted octanol–water partition coefficient (Wildman–Crippen LogP) is 1.70. The SMILES string of the molecule is CCOC(=O)[C@@H](N)CSC1CC(=O)N(c2ccc(Br)cc2)C1=O. The van der Waals surface area contributed by atoms with E-state index < -0.39 is 17.3 Å². The van der Waals surface area contributed by atoms with Gasteiger partial charge in [0.1, 0.15) is 6.04 Å². The summed E-state index contributed by atoms with van der Waals surface area (Å²) in [6.07, 6.45) is 0.106.